The third kappa shape index (κ3) is 5.74. The van der Waals surface area contributed by atoms with Gasteiger partial charge in [-0.3, -0.25) is 9.10 Å². The fraction of sp³-hybridized carbons (Fsp3) is 0.562. The Morgan fingerprint density at radius 3 is 2.35 bits per heavy atom. The third-order valence-electron chi connectivity index (χ3n) is 3.32. The lowest BCUT2D eigenvalue weighted by Gasteiger charge is -2.28. The van der Waals surface area contributed by atoms with Gasteiger partial charge >= 0.3 is 0 Å². The van der Waals surface area contributed by atoms with E-state index in [0.29, 0.717) is 24.6 Å². The van der Waals surface area contributed by atoms with Gasteiger partial charge in [0.2, 0.25) is 15.9 Å². The molecule has 0 aliphatic rings. The van der Waals surface area contributed by atoms with Crippen molar-refractivity contribution in [2.45, 2.75) is 39.7 Å². The molecule has 0 aromatic heterocycles. The van der Waals surface area contributed by atoms with E-state index in [1.165, 1.54) is 0 Å². The Morgan fingerprint density at radius 1 is 1.26 bits per heavy atom. The zero-order valence-corrected chi connectivity index (χ0v) is 15.0. The molecule has 130 valence electrons. The summed E-state index contributed by atoms with van der Waals surface area (Å²) >= 11 is 0. The number of hydrogen-bond donors (Lipinski definition) is 1. The number of benzene rings is 1. The van der Waals surface area contributed by atoms with Crippen molar-refractivity contribution in [3.05, 3.63) is 24.3 Å². The van der Waals surface area contributed by atoms with E-state index in [4.69, 9.17) is 4.74 Å². The molecule has 0 aliphatic carbocycles. The Labute approximate surface area is 138 Å². The summed E-state index contributed by atoms with van der Waals surface area (Å²) in [6.07, 6.45) is 2.92. The van der Waals surface area contributed by atoms with Crippen LogP contribution in [0.3, 0.4) is 0 Å². The zero-order chi connectivity index (χ0) is 17.5. The van der Waals surface area contributed by atoms with E-state index < -0.39 is 16.1 Å². The first kappa shape index (κ1) is 19.3. The molecular formula is C16H26N2O4S. The highest BCUT2D eigenvalue weighted by molar-refractivity contribution is 7.92. The lowest BCUT2D eigenvalue weighted by Crippen LogP contribution is -2.48. The van der Waals surface area contributed by atoms with Crippen LogP contribution in [0.2, 0.25) is 0 Å². The first-order chi connectivity index (χ1) is 10.8. The molecule has 1 N–H and O–H groups in total. The number of rotatable bonds is 9. The molecule has 1 rings (SSSR count). The minimum absolute atomic E-state index is 0.308. The van der Waals surface area contributed by atoms with E-state index in [2.05, 4.69) is 5.32 Å². The van der Waals surface area contributed by atoms with Crippen molar-refractivity contribution in [1.29, 1.82) is 0 Å². The molecule has 1 aromatic rings. The molecule has 23 heavy (non-hydrogen) atoms. The van der Waals surface area contributed by atoms with Crippen LogP contribution in [0.5, 0.6) is 5.75 Å². The Kier molecular flexibility index (Phi) is 7.35. The predicted molar refractivity (Wildman–Crippen MR) is 92.3 cm³/mol. The summed E-state index contributed by atoms with van der Waals surface area (Å²) in [5, 5.41) is 2.77. The molecule has 0 spiro atoms. The molecule has 0 heterocycles. The standard InChI is InChI=1S/C16H26N2O4S/c1-5-7-12-17-16(19)13(3)18(23(4,20)21)14-8-10-15(11-9-14)22-6-2/h8-11,13H,5-7,12H2,1-4H3,(H,17,19). The Hall–Kier alpha value is -1.76. The van der Waals surface area contributed by atoms with Crippen molar-refractivity contribution < 1.29 is 17.9 Å². The molecule has 0 fully saturated rings. The van der Waals surface area contributed by atoms with Gasteiger partial charge in [0.1, 0.15) is 11.8 Å². The van der Waals surface area contributed by atoms with Gasteiger partial charge in [-0.25, -0.2) is 8.42 Å². The molecular weight excluding hydrogens is 316 g/mol. The van der Waals surface area contributed by atoms with Crippen LogP contribution in [0.25, 0.3) is 0 Å². The predicted octanol–water partition coefficient (Wildman–Crippen LogP) is 2.16. The topological polar surface area (TPSA) is 75.7 Å². The van der Waals surface area contributed by atoms with Crippen LogP contribution in [0, 0.1) is 0 Å². The SMILES string of the molecule is CCCCNC(=O)C(C)N(c1ccc(OCC)cc1)S(C)(=O)=O. The molecule has 0 radical (unpaired) electrons. The van der Waals surface area contributed by atoms with Gasteiger partial charge in [0, 0.05) is 6.54 Å². The Bertz CT molecular complexity index is 599. The van der Waals surface area contributed by atoms with Crippen molar-refractivity contribution in [3.63, 3.8) is 0 Å². The summed E-state index contributed by atoms with van der Waals surface area (Å²) in [6, 6.07) is 5.85. The van der Waals surface area contributed by atoms with Crippen LogP contribution >= 0.6 is 0 Å². The number of carbonyl (C=O) groups is 1. The lowest BCUT2D eigenvalue weighted by molar-refractivity contribution is -0.121. The van der Waals surface area contributed by atoms with E-state index >= 15 is 0 Å². The molecule has 1 atom stereocenters. The third-order valence-corrected chi connectivity index (χ3v) is 4.56. The molecule has 0 saturated carbocycles. The fourth-order valence-corrected chi connectivity index (χ4v) is 3.38. The van der Waals surface area contributed by atoms with Gasteiger partial charge in [-0.15, -0.1) is 0 Å². The molecule has 7 heteroatoms. The van der Waals surface area contributed by atoms with Gasteiger partial charge in [-0.1, -0.05) is 13.3 Å². The van der Waals surface area contributed by atoms with Gasteiger partial charge in [0.25, 0.3) is 0 Å². The zero-order valence-electron chi connectivity index (χ0n) is 14.2. The molecule has 0 aliphatic heterocycles. The quantitative estimate of drug-likeness (QED) is 0.698. The largest absolute Gasteiger partial charge is 0.494 e. The molecule has 1 amide bonds. The van der Waals surface area contributed by atoms with Crippen LogP contribution in [0.15, 0.2) is 24.3 Å². The first-order valence-corrected chi connectivity index (χ1v) is 9.66. The number of nitrogens with one attached hydrogen (secondary N) is 1. The average Bonchev–Trinajstić information content (AvgIpc) is 2.48. The van der Waals surface area contributed by atoms with Gasteiger partial charge in [0.15, 0.2) is 0 Å². The van der Waals surface area contributed by atoms with Crippen molar-refractivity contribution in [1.82, 2.24) is 5.32 Å². The first-order valence-electron chi connectivity index (χ1n) is 7.81. The Balaban J connectivity index is 2.98. The second-order valence-electron chi connectivity index (χ2n) is 5.31. The van der Waals surface area contributed by atoms with Crippen LogP contribution in [-0.2, 0) is 14.8 Å². The smallest absolute Gasteiger partial charge is 0.243 e. The van der Waals surface area contributed by atoms with Crippen LogP contribution < -0.4 is 14.4 Å². The molecule has 1 aromatic carbocycles. The number of hydrogen-bond acceptors (Lipinski definition) is 4. The monoisotopic (exact) mass is 342 g/mol. The molecule has 1 unspecified atom stereocenters. The van der Waals surface area contributed by atoms with Crippen molar-refractivity contribution in [2.24, 2.45) is 0 Å². The highest BCUT2D eigenvalue weighted by atomic mass is 32.2. The number of ether oxygens (including phenoxy) is 1. The molecule has 6 nitrogen and oxygen atoms in total. The van der Waals surface area contributed by atoms with Gasteiger partial charge in [-0.05, 0) is 44.5 Å². The van der Waals surface area contributed by atoms with Crippen LogP contribution in [-0.4, -0.2) is 39.8 Å². The van der Waals surface area contributed by atoms with E-state index in [1.807, 2.05) is 13.8 Å². The average molecular weight is 342 g/mol. The van der Waals surface area contributed by atoms with Crippen LogP contribution in [0.1, 0.15) is 33.6 Å². The number of nitrogens with zero attached hydrogens (tertiary/aromatic N) is 1. The second kappa shape index (κ2) is 8.76. The van der Waals surface area contributed by atoms with Crippen LogP contribution in [0.4, 0.5) is 5.69 Å². The maximum atomic E-state index is 12.2. The van der Waals surface area contributed by atoms with Crippen molar-refractivity contribution in [3.8, 4) is 5.75 Å². The number of amides is 1. The minimum atomic E-state index is -3.59. The summed E-state index contributed by atoms with van der Waals surface area (Å²) in [7, 11) is -3.59. The molecule has 0 saturated heterocycles. The highest BCUT2D eigenvalue weighted by Gasteiger charge is 2.28. The number of carbonyl (C=O) groups excluding carboxylic acids is 1. The van der Waals surface area contributed by atoms with Gasteiger partial charge in [0.05, 0.1) is 18.6 Å². The summed E-state index contributed by atoms with van der Waals surface area (Å²) in [6.45, 7) is 6.56. The van der Waals surface area contributed by atoms with Crippen molar-refractivity contribution >= 4 is 21.6 Å². The maximum Gasteiger partial charge on any atom is 0.243 e. The van der Waals surface area contributed by atoms with Gasteiger partial charge in [-0.2, -0.15) is 0 Å². The maximum absolute atomic E-state index is 12.2. The summed E-state index contributed by atoms with van der Waals surface area (Å²) in [5.41, 5.74) is 0.439. The fourth-order valence-electron chi connectivity index (χ4n) is 2.20. The number of unbranched alkanes of at least 4 members (excludes halogenated alkanes) is 1. The molecule has 0 bridgehead atoms. The number of anilines is 1. The lowest BCUT2D eigenvalue weighted by atomic mass is 10.2. The van der Waals surface area contributed by atoms with Gasteiger partial charge < -0.3 is 10.1 Å². The highest BCUT2D eigenvalue weighted by Crippen LogP contribution is 2.24. The van der Waals surface area contributed by atoms with Crippen molar-refractivity contribution in [2.75, 3.05) is 23.7 Å². The minimum Gasteiger partial charge on any atom is -0.494 e. The number of sulfonamides is 1. The van der Waals surface area contributed by atoms with E-state index in [9.17, 15) is 13.2 Å². The van der Waals surface area contributed by atoms with E-state index in [1.54, 1.807) is 31.2 Å². The second-order valence-corrected chi connectivity index (χ2v) is 7.17. The van der Waals surface area contributed by atoms with E-state index in [-0.39, 0.29) is 5.91 Å². The summed E-state index contributed by atoms with van der Waals surface area (Å²) in [4.78, 5) is 12.2. The van der Waals surface area contributed by atoms with E-state index in [0.717, 1.165) is 23.4 Å². The normalized spacial score (nSPS) is 12.5. The summed E-state index contributed by atoms with van der Waals surface area (Å²) < 4.78 is 30.7. The Morgan fingerprint density at radius 2 is 1.87 bits per heavy atom. The summed E-state index contributed by atoms with van der Waals surface area (Å²) in [5.74, 6) is 0.350.